The predicted molar refractivity (Wildman–Crippen MR) is 68.7 cm³/mol. The van der Waals surface area contributed by atoms with Crippen LogP contribution < -0.4 is 5.32 Å². The number of carbonyl (C=O) groups is 2. The lowest BCUT2D eigenvalue weighted by Gasteiger charge is -2.10. The largest absolute Gasteiger partial charge is 0.467 e. The second kappa shape index (κ2) is 5.79. The van der Waals surface area contributed by atoms with Gasteiger partial charge in [-0.3, -0.25) is 4.79 Å². The van der Waals surface area contributed by atoms with E-state index in [9.17, 15) is 9.59 Å². The van der Waals surface area contributed by atoms with E-state index in [1.54, 1.807) is 13.0 Å². The molecule has 1 N–H and O–H groups in total. The van der Waals surface area contributed by atoms with Gasteiger partial charge in [-0.15, -0.1) is 11.3 Å². The highest BCUT2D eigenvalue weighted by atomic mass is 79.9. The molecule has 0 aliphatic rings. The van der Waals surface area contributed by atoms with E-state index in [-0.39, 0.29) is 5.91 Å². The average molecular weight is 371 g/mol. The van der Waals surface area contributed by atoms with Gasteiger partial charge in [-0.1, -0.05) is 0 Å². The highest BCUT2D eigenvalue weighted by Gasteiger charge is 2.19. The molecule has 0 spiro atoms. The first-order valence-electron chi connectivity index (χ1n) is 4.29. The zero-order valence-electron chi connectivity index (χ0n) is 8.54. The first kappa shape index (κ1) is 13.7. The van der Waals surface area contributed by atoms with Crippen LogP contribution in [0.15, 0.2) is 13.6 Å². The summed E-state index contributed by atoms with van der Waals surface area (Å²) in [5.74, 6) is -0.787. The molecule has 0 fully saturated rings. The van der Waals surface area contributed by atoms with Crippen LogP contribution in [0, 0.1) is 0 Å². The number of hydrogen-bond acceptors (Lipinski definition) is 4. The molecule has 1 aromatic rings. The van der Waals surface area contributed by atoms with Gasteiger partial charge in [0.1, 0.15) is 6.04 Å². The Kier molecular flexibility index (Phi) is 4.94. The van der Waals surface area contributed by atoms with E-state index in [4.69, 9.17) is 0 Å². The fourth-order valence-electron chi connectivity index (χ4n) is 1.01. The lowest BCUT2D eigenvalue weighted by atomic mass is 10.3. The molecule has 0 aromatic carbocycles. The molecule has 4 nitrogen and oxygen atoms in total. The molecule has 0 aliphatic carbocycles. The lowest BCUT2D eigenvalue weighted by molar-refractivity contribution is -0.142. The van der Waals surface area contributed by atoms with Crippen LogP contribution in [-0.2, 0) is 9.53 Å². The van der Waals surface area contributed by atoms with Gasteiger partial charge < -0.3 is 10.1 Å². The zero-order valence-corrected chi connectivity index (χ0v) is 12.5. The standard InChI is InChI=1S/C9H9Br2NO3S/c1-4(9(14)15-2)12-8(13)5-3-6(10)16-7(5)11/h3-4H,1-2H3,(H,12,13). The number of thiophene rings is 1. The third kappa shape index (κ3) is 3.29. The van der Waals surface area contributed by atoms with Crippen LogP contribution in [0.5, 0.6) is 0 Å². The minimum absolute atomic E-state index is 0.313. The molecule has 0 saturated carbocycles. The van der Waals surface area contributed by atoms with Crippen molar-refractivity contribution in [3.05, 3.63) is 19.2 Å². The van der Waals surface area contributed by atoms with Crippen molar-refractivity contribution in [3.8, 4) is 0 Å². The molecule has 0 aliphatic heterocycles. The fourth-order valence-corrected chi connectivity index (χ4v) is 3.80. The number of ether oxygens (including phenoxy) is 1. The van der Waals surface area contributed by atoms with Crippen molar-refractivity contribution >= 4 is 55.1 Å². The first-order chi connectivity index (χ1) is 7.45. The number of rotatable bonds is 3. The normalized spacial score (nSPS) is 12.0. The molecule has 1 heterocycles. The quantitative estimate of drug-likeness (QED) is 0.832. The Labute approximate surface area is 114 Å². The Balaban J connectivity index is 2.73. The summed E-state index contributed by atoms with van der Waals surface area (Å²) in [6.45, 7) is 1.57. The van der Waals surface area contributed by atoms with Gasteiger partial charge in [0.25, 0.3) is 5.91 Å². The molecule has 1 amide bonds. The number of nitrogens with one attached hydrogen (secondary N) is 1. The smallest absolute Gasteiger partial charge is 0.328 e. The highest BCUT2D eigenvalue weighted by Crippen LogP contribution is 2.31. The number of esters is 1. The SMILES string of the molecule is COC(=O)C(C)NC(=O)c1cc(Br)sc1Br. The van der Waals surface area contributed by atoms with Crippen molar-refractivity contribution in [1.29, 1.82) is 0 Å². The summed E-state index contributed by atoms with van der Waals surface area (Å²) >= 11 is 7.95. The number of carbonyl (C=O) groups excluding carboxylic acids is 2. The van der Waals surface area contributed by atoms with Gasteiger partial charge >= 0.3 is 5.97 Å². The van der Waals surface area contributed by atoms with Gasteiger partial charge in [-0.2, -0.15) is 0 Å². The van der Waals surface area contributed by atoms with Crippen LogP contribution in [0.25, 0.3) is 0 Å². The minimum Gasteiger partial charge on any atom is -0.467 e. The van der Waals surface area contributed by atoms with E-state index in [2.05, 4.69) is 41.9 Å². The molecule has 88 valence electrons. The molecule has 7 heteroatoms. The number of halogens is 2. The van der Waals surface area contributed by atoms with Crippen LogP contribution in [0.1, 0.15) is 17.3 Å². The summed E-state index contributed by atoms with van der Waals surface area (Å²) < 4.78 is 6.07. The van der Waals surface area contributed by atoms with Gasteiger partial charge in [0.15, 0.2) is 0 Å². The number of methoxy groups -OCH3 is 1. The van der Waals surface area contributed by atoms with Crippen molar-refractivity contribution in [2.24, 2.45) is 0 Å². The molecule has 0 bridgehead atoms. The van der Waals surface area contributed by atoms with Crippen LogP contribution in [0.2, 0.25) is 0 Å². The summed E-state index contributed by atoms with van der Waals surface area (Å²) in [7, 11) is 1.28. The minimum atomic E-state index is -0.664. The van der Waals surface area contributed by atoms with E-state index in [0.29, 0.717) is 9.35 Å². The number of amides is 1. The summed E-state index contributed by atoms with van der Waals surface area (Å²) in [5.41, 5.74) is 0.493. The molecule has 1 atom stereocenters. The van der Waals surface area contributed by atoms with E-state index in [1.165, 1.54) is 18.4 Å². The summed E-state index contributed by atoms with van der Waals surface area (Å²) in [6, 6.07) is 1.02. The van der Waals surface area contributed by atoms with Crippen molar-refractivity contribution in [1.82, 2.24) is 5.32 Å². The molecular weight excluding hydrogens is 362 g/mol. The van der Waals surface area contributed by atoms with Gasteiger partial charge in [-0.25, -0.2) is 4.79 Å². The maximum Gasteiger partial charge on any atom is 0.328 e. The first-order valence-corrected chi connectivity index (χ1v) is 6.69. The maximum atomic E-state index is 11.7. The Hall–Kier alpha value is -0.400. The molecule has 0 saturated heterocycles. The number of hydrogen-bond donors (Lipinski definition) is 1. The van der Waals surface area contributed by atoms with Crippen LogP contribution in [0.4, 0.5) is 0 Å². The van der Waals surface area contributed by atoms with Gasteiger partial charge in [0.2, 0.25) is 0 Å². The van der Waals surface area contributed by atoms with Gasteiger partial charge in [0, 0.05) is 0 Å². The van der Waals surface area contributed by atoms with E-state index in [0.717, 1.165) is 3.79 Å². The molecular formula is C9H9Br2NO3S. The molecule has 1 unspecified atom stereocenters. The van der Waals surface area contributed by atoms with E-state index >= 15 is 0 Å². The van der Waals surface area contributed by atoms with Crippen molar-refractivity contribution in [3.63, 3.8) is 0 Å². The third-order valence-corrected chi connectivity index (χ3v) is 4.14. The molecule has 0 radical (unpaired) electrons. The fraction of sp³-hybridized carbons (Fsp3) is 0.333. The van der Waals surface area contributed by atoms with Gasteiger partial charge in [0.05, 0.1) is 20.2 Å². The second-order valence-corrected chi connectivity index (χ2v) is 6.71. The van der Waals surface area contributed by atoms with E-state index in [1.807, 2.05) is 0 Å². The lowest BCUT2D eigenvalue weighted by Crippen LogP contribution is -2.39. The monoisotopic (exact) mass is 369 g/mol. The van der Waals surface area contributed by atoms with Crippen molar-refractivity contribution < 1.29 is 14.3 Å². The Bertz CT molecular complexity index is 419. The topological polar surface area (TPSA) is 55.4 Å². The zero-order chi connectivity index (χ0) is 12.3. The Morgan fingerprint density at radius 2 is 2.12 bits per heavy atom. The third-order valence-electron chi connectivity index (χ3n) is 1.80. The Morgan fingerprint density at radius 1 is 1.50 bits per heavy atom. The summed E-state index contributed by atoms with van der Waals surface area (Å²) in [6.07, 6.45) is 0. The molecule has 1 rings (SSSR count). The van der Waals surface area contributed by atoms with Gasteiger partial charge in [-0.05, 0) is 44.8 Å². The van der Waals surface area contributed by atoms with Crippen LogP contribution >= 0.6 is 43.2 Å². The van der Waals surface area contributed by atoms with Crippen molar-refractivity contribution in [2.45, 2.75) is 13.0 Å². The van der Waals surface area contributed by atoms with Crippen LogP contribution in [-0.4, -0.2) is 25.0 Å². The summed E-state index contributed by atoms with van der Waals surface area (Å²) in [4.78, 5) is 22.9. The van der Waals surface area contributed by atoms with Crippen LogP contribution in [0.3, 0.4) is 0 Å². The highest BCUT2D eigenvalue weighted by molar-refractivity contribution is 9.12. The maximum absolute atomic E-state index is 11.7. The van der Waals surface area contributed by atoms with E-state index < -0.39 is 12.0 Å². The average Bonchev–Trinajstić information content (AvgIpc) is 2.56. The molecule has 1 aromatic heterocycles. The Morgan fingerprint density at radius 3 is 2.56 bits per heavy atom. The molecule has 16 heavy (non-hydrogen) atoms. The predicted octanol–water partition coefficient (Wildman–Crippen LogP) is 2.56. The van der Waals surface area contributed by atoms with Crippen molar-refractivity contribution in [2.75, 3.05) is 7.11 Å². The summed E-state index contributed by atoms with van der Waals surface area (Å²) in [5, 5.41) is 2.54. The second-order valence-electron chi connectivity index (χ2n) is 2.96.